The Morgan fingerprint density at radius 2 is 1.56 bits per heavy atom. The van der Waals surface area contributed by atoms with E-state index in [9.17, 15) is 4.79 Å². The maximum Gasteiger partial charge on any atom is 0.236 e. The van der Waals surface area contributed by atoms with Crippen molar-refractivity contribution in [2.24, 2.45) is 0 Å². The molecule has 3 saturated heterocycles. The van der Waals surface area contributed by atoms with Crippen LogP contribution < -0.4 is 9.80 Å². The van der Waals surface area contributed by atoms with Gasteiger partial charge < -0.3 is 24.2 Å². The van der Waals surface area contributed by atoms with Crippen LogP contribution in [0.1, 0.15) is 0 Å². The topological polar surface area (TPSA) is 74.3 Å². The van der Waals surface area contributed by atoms with E-state index < -0.39 is 0 Å². The number of morpholine rings is 2. The summed E-state index contributed by atoms with van der Waals surface area (Å²) in [7, 11) is 0. The second-order valence-corrected chi connectivity index (χ2v) is 7.07. The Kier molecular flexibility index (Phi) is 6.00. The molecule has 0 saturated carbocycles. The highest BCUT2D eigenvalue weighted by Crippen LogP contribution is 2.17. The summed E-state index contributed by atoms with van der Waals surface area (Å²) in [5.74, 6) is 1.95. The average molecular weight is 376 g/mol. The van der Waals surface area contributed by atoms with Crippen LogP contribution in [0.4, 0.5) is 11.8 Å². The number of anilines is 2. The van der Waals surface area contributed by atoms with Gasteiger partial charge in [0.15, 0.2) is 0 Å². The molecule has 1 amide bonds. The number of rotatable bonds is 4. The van der Waals surface area contributed by atoms with E-state index in [2.05, 4.69) is 19.7 Å². The smallest absolute Gasteiger partial charge is 0.236 e. The van der Waals surface area contributed by atoms with Gasteiger partial charge in [0.05, 0.1) is 33.0 Å². The van der Waals surface area contributed by atoms with E-state index in [1.54, 1.807) is 0 Å². The van der Waals surface area contributed by atoms with Gasteiger partial charge in [-0.15, -0.1) is 0 Å². The van der Waals surface area contributed by atoms with Crippen molar-refractivity contribution in [1.82, 2.24) is 19.8 Å². The van der Waals surface area contributed by atoms with Crippen molar-refractivity contribution in [2.45, 2.75) is 0 Å². The van der Waals surface area contributed by atoms with E-state index >= 15 is 0 Å². The third-order valence-electron chi connectivity index (χ3n) is 5.34. The normalized spacial score (nSPS) is 22.1. The highest BCUT2D eigenvalue weighted by molar-refractivity contribution is 5.78. The first kappa shape index (κ1) is 18.4. The van der Waals surface area contributed by atoms with Crippen LogP contribution in [-0.4, -0.2) is 111 Å². The number of nitrogens with zero attached hydrogens (tertiary/aromatic N) is 6. The summed E-state index contributed by atoms with van der Waals surface area (Å²) >= 11 is 0. The largest absolute Gasteiger partial charge is 0.378 e. The molecule has 0 aliphatic carbocycles. The Balaban J connectivity index is 1.29. The zero-order valence-electron chi connectivity index (χ0n) is 15.8. The van der Waals surface area contributed by atoms with Gasteiger partial charge in [0, 0.05) is 58.6 Å². The number of hydrogen-bond acceptors (Lipinski definition) is 8. The fraction of sp³-hybridized carbons (Fsp3) is 0.722. The number of hydrogen-bond donors (Lipinski definition) is 0. The second kappa shape index (κ2) is 8.81. The molecule has 9 nitrogen and oxygen atoms in total. The van der Waals surface area contributed by atoms with Gasteiger partial charge in [-0.05, 0) is 6.07 Å². The molecular weight excluding hydrogens is 348 g/mol. The summed E-state index contributed by atoms with van der Waals surface area (Å²) < 4.78 is 10.7. The highest BCUT2D eigenvalue weighted by atomic mass is 16.5. The van der Waals surface area contributed by atoms with Crippen LogP contribution in [-0.2, 0) is 14.3 Å². The summed E-state index contributed by atoms with van der Waals surface area (Å²) in [6, 6.07) is 1.97. The third kappa shape index (κ3) is 4.66. The van der Waals surface area contributed by atoms with E-state index in [-0.39, 0.29) is 5.91 Å². The van der Waals surface area contributed by atoms with Crippen LogP contribution in [0.2, 0.25) is 0 Å². The molecule has 27 heavy (non-hydrogen) atoms. The maximum atomic E-state index is 12.4. The van der Waals surface area contributed by atoms with Gasteiger partial charge in [-0.25, -0.2) is 4.98 Å². The van der Waals surface area contributed by atoms with Crippen molar-refractivity contribution in [3.8, 4) is 0 Å². The minimum Gasteiger partial charge on any atom is -0.378 e. The molecule has 0 spiro atoms. The average Bonchev–Trinajstić information content (AvgIpc) is 2.75. The number of aromatic nitrogens is 2. The number of carbonyl (C=O) groups excluding carboxylic acids is 1. The SMILES string of the molecule is O=C(CN1CCN(c2ccnc(N3CCOCC3)n2)CC1)N1CCOCC1. The summed E-state index contributed by atoms with van der Waals surface area (Å²) in [5.41, 5.74) is 0. The van der Waals surface area contributed by atoms with E-state index in [1.807, 2.05) is 17.2 Å². The van der Waals surface area contributed by atoms with Gasteiger partial charge in [0.25, 0.3) is 0 Å². The molecule has 0 atom stereocenters. The van der Waals surface area contributed by atoms with Gasteiger partial charge in [-0.1, -0.05) is 0 Å². The zero-order chi connectivity index (χ0) is 18.5. The number of piperazine rings is 1. The molecule has 0 unspecified atom stereocenters. The molecule has 0 radical (unpaired) electrons. The predicted molar refractivity (Wildman–Crippen MR) is 101 cm³/mol. The Morgan fingerprint density at radius 1 is 0.889 bits per heavy atom. The first-order chi connectivity index (χ1) is 13.3. The minimum atomic E-state index is 0.211. The number of amides is 1. The van der Waals surface area contributed by atoms with E-state index in [0.29, 0.717) is 32.8 Å². The Hall–Kier alpha value is -1.97. The van der Waals surface area contributed by atoms with Crippen LogP contribution in [0.25, 0.3) is 0 Å². The molecular formula is C18H28N6O3. The van der Waals surface area contributed by atoms with Gasteiger partial charge in [0.1, 0.15) is 5.82 Å². The molecule has 1 aromatic rings. The third-order valence-corrected chi connectivity index (χ3v) is 5.34. The predicted octanol–water partition coefficient (Wildman–Crippen LogP) is -0.706. The molecule has 4 rings (SSSR count). The van der Waals surface area contributed by atoms with Crippen LogP contribution in [0, 0.1) is 0 Å². The summed E-state index contributed by atoms with van der Waals surface area (Å²) in [5, 5.41) is 0. The summed E-state index contributed by atoms with van der Waals surface area (Å²) in [6.45, 7) is 9.82. The standard InChI is InChI=1S/C18H28N6O3/c25-17(23-7-11-26-12-8-23)15-21-3-5-22(6-4-21)16-1-2-19-18(20-16)24-9-13-27-14-10-24/h1-2H,3-15H2. The Labute approximate surface area is 159 Å². The van der Waals surface area contributed by atoms with Crippen molar-refractivity contribution in [2.75, 3.05) is 95.1 Å². The van der Waals surface area contributed by atoms with E-state index in [0.717, 1.165) is 64.2 Å². The fourth-order valence-corrected chi connectivity index (χ4v) is 3.67. The molecule has 0 N–H and O–H groups in total. The van der Waals surface area contributed by atoms with Crippen molar-refractivity contribution in [3.05, 3.63) is 12.3 Å². The Morgan fingerprint density at radius 3 is 2.26 bits per heavy atom. The minimum absolute atomic E-state index is 0.211. The molecule has 3 aliphatic rings. The second-order valence-electron chi connectivity index (χ2n) is 7.07. The molecule has 0 aromatic carbocycles. The summed E-state index contributed by atoms with van der Waals surface area (Å²) in [4.78, 5) is 30.2. The lowest BCUT2D eigenvalue weighted by molar-refractivity contribution is -0.136. The lowest BCUT2D eigenvalue weighted by Gasteiger charge is -2.36. The van der Waals surface area contributed by atoms with Crippen molar-refractivity contribution >= 4 is 17.7 Å². The lowest BCUT2D eigenvalue weighted by Crippen LogP contribution is -2.51. The van der Waals surface area contributed by atoms with Crippen LogP contribution in [0.5, 0.6) is 0 Å². The highest BCUT2D eigenvalue weighted by Gasteiger charge is 2.24. The molecule has 4 heterocycles. The molecule has 1 aromatic heterocycles. The van der Waals surface area contributed by atoms with Crippen molar-refractivity contribution in [1.29, 1.82) is 0 Å². The van der Waals surface area contributed by atoms with E-state index in [1.165, 1.54) is 0 Å². The Bertz CT molecular complexity index is 625. The van der Waals surface area contributed by atoms with Crippen LogP contribution in [0.3, 0.4) is 0 Å². The monoisotopic (exact) mass is 376 g/mol. The fourth-order valence-electron chi connectivity index (χ4n) is 3.67. The molecule has 3 fully saturated rings. The van der Waals surface area contributed by atoms with Gasteiger partial charge in [-0.3, -0.25) is 9.69 Å². The molecule has 9 heteroatoms. The van der Waals surface area contributed by atoms with Crippen LogP contribution in [0.15, 0.2) is 12.3 Å². The zero-order valence-corrected chi connectivity index (χ0v) is 15.8. The number of carbonyl (C=O) groups is 1. The van der Waals surface area contributed by atoms with Gasteiger partial charge >= 0.3 is 0 Å². The molecule has 3 aliphatic heterocycles. The molecule has 0 bridgehead atoms. The van der Waals surface area contributed by atoms with Crippen molar-refractivity contribution < 1.29 is 14.3 Å². The lowest BCUT2D eigenvalue weighted by atomic mass is 10.3. The first-order valence-corrected chi connectivity index (χ1v) is 9.78. The van der Waals surface area contributed by atoms with E-state index in [4.69, 9.17) is 14.5 Å². The van der Waals surface area contributed by atoms with Crippen molar-refractivity contribution in [3.63, 3.8) is 0 Å². The van der Waals surface area contributed by atoms with Gasteiger partial charge in [-0.2, -0.15) is 4.98 Å². The van der Waals surface area contributed by atoms with Gasteiger partial charge in [0.2, 0.25) is 11.9 Å². The maximum absolute atomic E-state index is 12.4. The first-order valence-electron chi connectivity index (χ1n) is 9.78. The van der Waals surface area contributed by atoms with Crippen LogP contribution >= 0.6 is 0 Å². The quantitative estimate of drug-likeness (QED) is 0.683. The molecule has 148 valence electrons. The number of ether oxygens (including phenoxy) is 2. The summed E-state index contributed by atoms with van der Waals surface area (Å²) in [6.07, 6.45) is 1.83.